The van der Waals surface area contributed by atoms with Gasteiger partial charge in [0.25, 0.3) is 0 Å². The summed E-state index contributed by atoms with van der Waals surface area (Å²) in [6.45, 7) is 2.21. The second kappa shape index (κ2) is 6.63. The van der Waals surface area contributed by atoms with Gasteiger partial charge in [0, 0.05) is 12.8 Å². The summed E-state index contributed by atoms with van der Waals surface area (Å²) >= 11 is 0. The molecule has 0 spiro atoms. The van der Waals surface area contributed by atoms with Crippen molar-refractivity contribution in [1.29, 1.82) is 0 Å². The fraction of sp³-hybridized carbons (Fsp3) is 0.750. The van der Waals surface area contributed by atoms with E-state index in [-0.39, 0.29) is 12.1 Å². The maximum absolute atomic E-state index is 10.8. The van der Waals surface area contributed by atoms with E-state index in [0.717, 1.165) is 19.3 Å². The van der Waals surface area contributed by atoms with Crippen LogP contribution in [0.5, 0.6) is 0 Å². The Morgan fingerprint density at radius 1 is 1.43 bits per heavy atom. The van der Waals surface area contributed by atoms with Crippen molar-refractivity contribution < 1.29 is 9.53 Å². The average Bonchev–Trinajstić information content (AvgIpc) is 2.58. The molecule has 1 saturated heterocycles. The van der Waals surface area contributed by atoms with Gasteiger partial charge in [-0.15, -0.1) is 0 Å². The molecule has 0 aliphatic carbocycles. The molecule has 0 aromatic rings. The van der Waals surface area contributed by atoms with Crippen molar-refractivity contribution in [3.63, 3.8) is 0 Å². The molecular weight excluding hydrogens is 176 g/mol. The first-order valence-electron chi connectivity index (χ1n) is 5.67. The zero-order valence-corrected chi connectivity index (χ0v) is 9.00. The summed E-state index contributed by atoms with van der Waals surface area (Å²) in [5, 5.41) is 0. The third kappa shape index (κ3) is 4.45. The summed E-state index contributed by atoms with van der Waals surface area (Å²) in [6, 6.07) is 0. The first-order chi connectivity index (χ1) is 6.83. The van der Waals surface area contributed by atoms with Crippen molar-refractivity contribution in [2.24, 2.45) is 0 Å². The van der Waals surface area contributed by atoms with Crippen LogP contribution in [0.4, 0.5) is 0 Å². The zero-order valence-electron chi connectivity index (χ0n) is 9.00. The van der Waals surface area contributed by atoms with Gasteiger partial charge in [-0.25, -0.2) is 0 Å². The Kier molecular flexibility index (Phi) is 5.35. The predicted octanol–water partition coefficient (Wildman–Crippen LogP) is 3.22. The van der Waals surface area contributed by atoms with Gasteiger partial charge in [0.05, 0.1) is 0 Å². The van der Waals surface area contributed by atoms with Crippen LogP contribution in [0.3, 0.4) is 0 Å². The molecule has 1 atom stereocenters. The quantitative estimate of drug-likeness (QED) is 0.370. The Morgan fingerprint density at radius 2 is 2.29 bits per heavy atom. The largest absolute Gasteiger partial charge is 0.462 e. The maximum Gasteiger partial charge on any atom is 0.306 e. The SMILES string of the molecule is CCCCCC=CC[C@@H]1CCC(=O)O1. The third-order valence-electron chi connectivity index (χ3n) is 2.51. The van der Waals surface area contributed by atoms with Crippen LogP contribution in [0.25, 0.3) is 0 Å². The molecule has 2 heteroatoms. The minimum absolute atomic E-state index is 0.0330. The first kappa shape index (κ1) is 11.3. The van der Waals surface area contributed by atoms with E-state index < -0.39 is 0 Å². The zero-order chi connectivity index (χ0) is 10.2. The van der Waals surface area contributed by atoms with Crippen molar-refractivity contribution in [1.82, 2.24) is 0 Å². The van der Waals surface area contributed by atoms with E-state index in [2.05, 4.69) is 19.1 Å². The summed E-state index contributed by atoms with van der Waals surface area (Å²) in [5.41, 5.74) is 0. The van der Waals surface area contributed by atoms with Crippen molar-refractivity contribution in [2.45, 2.75) is 58.0 Å². The van der Waals surface area contributed by atoms with Crippen molar-refractivity contribution in [2.75, 3.05) is 0 Å². The molecule has 80 valence electrons. The number of carbonyl (C=O) groups is 1. The number of esters is 1. The van der Waals surface area contributed by atoms with Crippen LogP contribution in [0.1, 0.15) is 51.9 Å². The summed E-state index contributed by atoms with van der Waals surface area (Å²) in [6.07, 6.45) is 11.9. The molecule has 0 unspecified atom stereocenters. The van der Waals surface area contributed by atoms with Gasteiger partial charge >= 0.3 is 5.97 Å². The Balaban J connectivity index is 1.99. The highest BCUT2D eigenvalue weighted by molar-refractivity contribution is 5.71. The molecule has 0 radical (unpaired) electrons. The lowest BCUT2D eigenvalue weighted by atomic mass is 10.1. The van der Waals surface area contributed by atoms with Gasteiger partial charge in [-0.2, -0.15) is 0 Å². The smallest absolute Gasteiger partial charge is 0.306 e. The predicted molar refractivity (Wildman–Crippen MR) is 57.0 cm³/mol. The molecule has 0 aromatic heterocycles. The van der Waals surface area contributed by atoms with Gasteiger partial charge in [-0.1, -0.05) is 31.9 Å². The number of unbranched alkanes of at least 4 members (excludes halogenated alkanes) is 3. The maximum atomic E-state index is 10.8. The van der Waals surface area contributed by atoms with Crippen molar-refractivity contribution in [3.8, 4) is 0 Å². The van der Waals surface area contributed by atoms with Crippen LogP contribution in [0.15, 0.2) is 12.2 Å². The molecule has 1 aliphatic heterocycles. The molecule has 0 bridgehead atoms. The summed E-state index contributed by atoms with van der Waals surface area (Å²) in [7, 11) is 0. The van der Waals surface area contributed by atoms with E-state index in [0.29, 0.717) is 6.42 Å². The molecule has 0 amide bonds. The van der Waals surface area contributed by atoms with Crippen LogP contribution in [-0.2, 0) is 9.53 Å². The van der Waals surface area contributed by atoms with E-state index >= 15 is 0 Å². The molecule has 1 rings (SSSR count). The van der Waals surface area contributed by atoms with E-state index in [1.807, 2.05) is 0 Å². The van der Waals surface area contributed by atoms with Crippen LogP contribution in [-0.4, -0.2) is 12.1 Å². The molecular formula is C12H20O2. The molecule has 0 saturated carbocycles. The van der Waals surface area contributed by atoms with Gasteiger partial charge in [0.2, 0.25) is 0 Å². The molecule has 2 nitrogen and oxygen atoms in total. The van der Waals surface area contributed by atoms with E-state index in [1.54, 1.807) is 0 Å². The van der Waals surface area contributed by atoms with Gasteiger partial charge in [0.1, 0.15) is 6.10 Å². The number of hydrogen-bond donors (Lipinski definition) is 0. The van der Waals surface area contributed by atoms with Crippen LogP contribution in [0, 0.1) is 0 Å². The van der Waals surface area contributed by atoms with Crippen LogP contribution >= 0.6 is 0 Å². The highest BCUT2D eigenvalue weighted by atomic mass is 16.5. The monoisotopic (exact) mass is 196 g/mol. The molecule has 1 heterocycles. The first-order valence-corrected chi connectivity index (χ1v) is 5.67. The van der Waals surface area contributed by atoms with Crippen LogP contribution in [0.2, 0.25) is 0 Å². The lowest BCUT2D eigenvalue weighted by Gasteiger charge is -2.04. The Morgan fingerprint density at radius 3 is 2.93 bits per heavy atom. The summed E-state index contributed by atoms with van der Waals surface area (Å²) < 4.78 is 5.10. The summed E-state index contributed by atoms with van der Waals surface area (Å²) in [4.78, 5) is 10.8. The average molecular weight is 196 g/mol. The molecule has 0 aromatic carbocycles. The lowest BCUT2D eigenvalue weighted by Crippen LogP contribution is -2.04. The lowest BCUT2D eigenvalue weighted by molar-refractivity contribution is -0.141. The number of rotatable bonds is 6. The highest BCUT2D eigenvalue weighted by Crippen LogP contribution is 2.17. The number of allylic oxidation sites excluding steroid dienone is 1. The normalized spacial score (nSPS) is 21.8. The third-order valence-corrected chi connectivity index (χ3v) is 2.51. The number of hydrogen-bond acceptors (Lipinski definition) is 2. The molecule has 1 fully saturated rings. The van der Waals surface area contributed by atoms with Gasteiger partial charge in [-0.3, -0.25) is 4.79 Å². The molecule has 14 heavy (non-hydrogen) atoms. The number of ether oxygens (including phenoxy) is 1. The molecule has 1 aliphatic rings. The van der Waals surface area contributed by atoms with Crippen molar-refractivity contribution >= 4 is 5.97 Å². The van der Waals surface area contributed by atoms with Gasteiger partial charge in [-0.05, 0) is 19.3 Å². The van der Waals surface area contributed by atoms with Crippen molar-refractivity contribution in [3.05, 3.63) is 12.2 Å². The fourth-order valence-electron chi connectivity index (χ4n) is 1.63. The number of carbonyl (C=O) groups excluding carboxylic acids is 1. The Labute approximate surface area is 86.3 Å². The van der Waals surface area contributed by atoms with E-state index in [1.165, 1.54) is 19.3 Å². The topological polar surface area (TPSA) is 26.3 Å². The highest BCUT2D eigenvalue weighted by Gasteiger charge is 2.21. The minimum atomic E-state index is -0.0330. The molecule has 0 N–H and O–H groups in total. The minimum Gasteiger partial charge on any atom is -0.462 e. The van der Waals surface area contributed by atoms with Gasteiger partial charge < -0.3 is 4.74 Å². The Hall–Kier alpha value is -0.790. The second-order valence-electron chi connectivity index (χ2n) is 3.85. The standard InChI is InChI=1S/C12H20O2/c1-2-3-4-5-6-7-8-11-9-10-12(13)14-11/h6-7,11H,2-5,8-10H2,1H3/t11-/m1/s1. The van der Waals surface area contributed by atoms with E-state index in [9.17, 15) is 4.79 Å². The van der Waals surface area contributed by atoms with Crippen LogP contribution < -0.4 is 0 Å². The summed E-state index contributed by atoms with van der Waals surface area (Å²) in [5.74, 6) is -0.0330. The van der Waals surface area contributed by atoms with Gasteiger partial charge in [0.15, 0.2) is 0 Å². The number of cyclic esters (lactones) is 1. The second-order valence-corrected chi connectivity index (χ2v) is 3.85. The Bertz CT molecular complexity index is 196. The fourth-order valence-corrected chi connectivity index (χ4v) is 1.63. The van der Waals surface area contributed by atoms with E-state index in [4.69, 9.17) is 4.74 Å².